The molecule has 0 aliphatic heterocycles. The molecule has 3 N–H and O–H groups in total. The molecular weight excluding hydrogens is 170 g/mol. The highest BCUT2D eigenvalue weighted by molar-refractivity contribution is 7.13. The molecule has 4 heteroatoms. The maximum absolute atomic E-state index is 7.26. The van der Waals surface area contributed by atoms with Gasteiger partial charge >= 0.3 is 0 Å². The summed E-state index contributed by atoms with van der Waals surface area (Å²) >= 11 is 1.37. The maximum Gasteiger partial charge on any atom is 0.143 e. The van der Waals surface area contributed by atoms with Crippen molar-refractivity contribution in [1.29, 1.82) is 5.41 Å². The molecule has 1 heterocycles. The first-order chi connectivity index (χ1) is 5.79. The van der Waals surface area contributed by atoms with Gasteiger partial charge in [0.15, 0.2) is 0 Å². The third kappa shape index (κ3) is 0.967. The zero-order valence-electron chi connectivity index (χ0n) is 6.24. The predicted octanol–water partition coefficient (Wildman–Crippen LogP) is 1.58. The van der Waals surface area contributed by atoms with Crippen molar-refractivity contribution in [2.45, 2.75) is 0 Å². The second-order valence-electron chi connectivity index (χ2n) is 2.44. The number of nitrogens with two attached hydrogens (primary N) is 1. The van der Waals surface area contributed by atoms with Gasteiger partial charge in [0.2, 0.25) is 0 Å². The van der Waals surface area contributed by atoms with Crippen molar-refractivity contribution in [1.82, 2.24) is 4.37 Å². The van der Waals surface area contributed by atoms with Crippen LogP contribution in [-0.4, -0.2) is 10.2 Å². The van der Waals surface area contributed by atoms with Crippen LogP contribution in [0.15, 0.2) is 24.3 Å². The molecule has 0 aliphatic carbocycles. The van der Waals surface area contributed by atoms with Crippen molar-refractivity contribution in [3.05, 3.63) is 30.0 Å². The second-order valence-corrected chi connectivity index (χ2v) is 3.25. The smallest absolute Gasteiger partial charge is 0.143 e. The molecule has 60 valence electrons. The first-order valence-electron chi connectivity index (χ1n) is 3.48. The largest absolute Gasteiger partial charge is 0.382 e. The normalized spacial score (nSPS) is 10.3. The molecule has 12 heavy (non-hydrogen) atoms. The van der Waals surface area contributed by atoms with Crippen molar-refractivity contribution in [3.63, 3.8) is 0 Å². The fourth-order valence-electron chi connectivity index (χ4n) is 1.08. The Morgan fingerprint density at radius 1 is 1.42 bits per heavy atom. The van der Waals surface area contributed by atoms with E-state index in [2.05, 4.69) is 4.37 Å². The molecule has 0 saturated heterocycles. The molecule has 0 radical (unpaired) electrons. The van der Waals surface area contributed by atoms with Gasteiger partial charge in [-0.15, -0.1) is 0 Å². The van der Waals surface area contributed by atoms with Gasteiger partial charge in [-0.1, -0.05) is 18.2 Å². The molecule has 0 unspecified atom stereocenters. The van der Waals surface area contributed by atoms with E-state index in [4.69, 9.17) is 11.1 Å². The van der Waals surface area contributed by atoms with Crippen LogP contribution in [0.2, 0.25) is 0 Å². The minimum Gasteiger partial charge on any atom is -0.382 e. The standard InChI is InChI=1S/C8H7N3S/c9-8(10)7-5-3-1-2-4-6(5)12-11-7/h1-4H,(H3,9,10). The molecule has 0 atom stereocenters. The van der Waals surface area contributed by atoms with E-state index in [0.29, 0.717) is 5.69 Å². The lowest BCUT2D eigenvalue weighted by molar-refractivity contribution is 1.39. The summed E-state index contributed by atoms with van der Waals surface area (Å²) in [4.78, 5) is 0. The lowest BCUT2D eigenvalue weighted by Gasteiger charge is -1.91. The Balaban J connectivity index is 2.79. The van der Waals surface area contributed by atoms with Gasteiger partial charge in [-0.3, -0.25) is 5.41 Å². The number of hydrogen-bond donors (Lipinski definition) is 2. The van der Waals surface area contributed by atoms with Gasteiger partial charge in [0.25, 0.3) is 0 Å². The van der Waals surface area contributed by atoms with Crippen LogP contribution in [0.5, 0.6) is 0 Å². The summed E-state index contributed by atoms with van der Waals surface area (Å²) in [5.74, 6) is 0.0347. The molecule has 0 saturated carbocycles. The number of benzene rings is 1. The van der Waals surface area contributed by atoms with E-state index in [0.717, 1.165) is 10.1 Å². The van der Waals surface area contributed by atoms with Crippen molar-refractivity contribution in [2.24, 2.45) is 5.73 Å². The van der Waals surface area contributed by atoms with E-state index in [1.54, 1.807) is 0 Å². The fraction of sp³-hybridized carbons (Fsp3) is 0. The summed E-state index contributed by atoms with van der Waals surface area (Å²) in [5, 5.41) is 8.22. The third-order valence-corrected chi connectivity index (χ3v) is 2.46. The minimum absolute atomic E-state index is 0.0347. The number of amidine groups is 1. The molecule has 0 spiro atoms. The Hall–Kier alpha value is -1.42. The molecule has 2 rings (SSSR count). The summed E-state index contributed by atoms with van der Waals surface area (Å²) in [7, 11) is 0. The van der Waals surface area contributed by atoms with Crippen LogP contribution >= 0.6 is 11.5 Å². The lowest BCUT2D eigenvalue weighted by atomic mass is 10.2. The van der Waals surface area contributed by atoms with Gasteiger partial charge in [-0.25, -0.2) is 0 Å². The van der Waals surface area contributed by atoms with E-state index in [1.165, 1.54) is 11.5 Å². The molecule has 2 aromatic rings. The predicted molar refractivity (Wildman–Crippen MR) is 50.6 cm³/mol. The average Bonchev–Trinajstić information content (AvgIpc) is 2.47. The molecular formula is C8H7N3S. The third-order valence-electron chi connectivity index (χ3n) is 1.63. The van der Waals surface area contributed by atoms with Crippen LogP contribution in [0.3, 0.4) is 0 Å². The highest BCUT2D eigenvalue weighted by Crippen LogP contribution is 2.21. The van der Waals surface area contributed by atoms with Gasteiger partial charge < -0.3 is 5.73 Å². The number of rotatable bonds is 1. The van der Waals surface area contributed by atoms with E-state index >= 15 is 0 Å². The summed E-state index contributed by atoms with van der Waals surface area (Å²) < 4.78 is 5.16. The lowest BCUT2D eigenvalue weighted by Crippen LogP contribution is -2.11. The summed E-state index contributed by atoms with van der Waals surface area (Å²) in [6.45, 7) is 0. The van der Waals surface area contributed by atoms with E-state index in [-0.39, 0.29) is 5.84 Å². The van der Waals surface area contributed by atoms with E-state index < -0.39 is 0 Å². The van der Waals surface area contributed by atoms with Gasteiger partial charge in [0.05, 0.1) is 4.70 Å². The topological polar surface area (TPSA) is 62.8 Å². The first-order valence-corrected chi connectivity index (χ1v) is 4.25. The van der Waals surface area contributed by atoms with Gasteiger partial charge in [0.1, 0.15) is 11.5 Å². The summed E-state index contributed by atoms with van der Waals surface area (Å²) in [6.07, 6.45) is 0. The van der Waals surface area contributed by atoms with Crippen molar-refractivity contribution >= 4 is 27.5 Å². The van der Waals surface area contributed by atoms with Crippen LogP contribution in [-0.2, 0) is 0 Å². The highest BCUT2D eigenvalue weighted by atomic mass is 32.1. The summed E-state index contributed by atoms with van der Waals surface area (Å²) in [6, 6.07) is 7.77. The maximum atomic E-state index is 7.26. The van der Waals surface area contributed by atoms with E-state index in [9.17, 15) is 0 Å². The molecule has 0 aliphatic rings. The Labute approximate surface area is 73.5 Å². The van der Waals surface area contributed by atoms with Crippen LogP contribution in [0.25, 0.3) is 10.1 Å². The molecule has 0 amide bonds. The van der Waals surface area contributed by atoms with E-state index in [1.807, 2.05) is 24.3 Å². The Morgan fingerprint density at radius 3 is 2.92 bits per heavy atom. The van der Waals surface area contributed by atoms with Crippen LogP contribution in [0, 0.1) is 5.41 Å². The number of nitrogens with zero attached hydrogens (tertiary/aromatic N) is 1. The molecule has 0 fully saturated rings. The zero-order valence-corrected chi connectivity index (χ0v) is 7.06. The molecule has 0 bridgehead atoms. The fourth-order valence-corrected chi connectivity index (χ4v) is 1.87. The number of hydrogen-bond acceptors (Lipinski definition) is 3. The summed E-state index contributed by atoms with van der Waals surface area (Å²) in [5.41, 5.74) is 5.94. The second kappa shape index (κ2) is 2.57. The SMILES string of the molecule is N=C(N)c1nsc2ccccc12. The van der Waals surface area contributed by atoms with Crippen LogP contribution in [0.1, 0.15) is 5.69 Å². The first kappa shape index (κ1) is 7.24. The number of nitrogen functional groups attached to an aromatic ring is 1. The monoisotopic (exact) mass is 177 g/mol. The van der Waals surface area contributed by atoms with Crippen molar-refractivity contribution in [2.75, 3.05) is 0 Å². The zero-order chi connectivity index (χ0) is 8.55. The average molecular weight is 177 g/mol. The Bertz CT molecular complexity index is 433. The van der Waals surface area contributed by atoms with Gasteiger partial charge in [-0.2, -0.15) is 4.37 Å². The highest BCUT2D eigenvalue weighted by Gasteiger charge is 2.06. The number of fused-ring (bicyclic) bond motifs is 1. The van der Waals surface area contributed by atoms with Gasteiger partial charge in [0, 0.05) is 5.39 Å². The van der Waals surface area contributed by atoms with Crippen molar-refractivity contribution < 1.29 is 0 Å². The molecule has 3 nitrogen and oxygen atoms in total. The Morgan fingerprint density at radius 2 is 2.17 bits per heavy atom. The van der Waals surface area contributed by atoms with Crippen LogP contribution < -0.4 is 5.73 Å². The van der Waals surface area contributed by atoms with Crippen LogP contribution in [0.4, 0.5) is 0 Å². The number of nitrogens with one attached hydrogen (secondary N) is 1. The number of aromatic nitrogens is 1. The molecule has 1 aromatic heterocycles. The Kier molecular flexibility index (Phi) is 1.55. The van der Waals surface area contributed by atoms with Crippen molar-refractivity contribution in [3.8, 4) is 0 Å². The molecule has 1 aromatic carbocycles. The van der Waals surface area contributed by atoms with Gasteiger partial charge in [-0.05, 0) is 17.6 Å². The minimum atomic E-state index is 0.0347. The quantitative estimate of drug-likeness (QED) is 0.513.